The van der Waals surface area contributed by atoms with Gasteiger partial charge in [0.15, 0.2) is 0 Å². The first-order valence-electron chi connectivity index (χ1n) is 5.71. The van der Waals surface area contributed by atoms with E-state index >= 15 is 0 Å². The minimum absolute atomic E-state index is 0.0362. The molecule has 2 rings (SSSR count). The van der Waals surface area contributed by atoms with Gasteiger partial charge in [-0.25, -0.2) is 4.79 Å². The molecule has 0 aromatic heterocycles. The molecule has 6 heteroatoms. The molecular formula is C12H13N3O3. The van der Waals surface area contributed by atoms with Crippen molar-refractivity contribution in [2.45, 2.75) is 12.8 Å². The summed E-state index contributed by atoms with van der Waals surface area (Å²) in [5.74, 6) is 1.53. The molecule has 0 radical (unpaired) electrons. The Balaban J connectivity index is 2.32. The molecule has 1 aliphatic rings. The largest absolute Gasteiger partial charge is 0.371 e. The topological polar surface area (TPSA) is 75.5 Å². The van der Waals surface area contributed by atoms with Gasteiger partial charge in [0.1, 0.15) is 11.6 Å². The van der Waals surface area contributed by atoms with Crippen LogP contribution in [0.15, 0.2) is 24.4 Å². The molecule has 0 spiro atoms. The highest BCUT2D eigenvalue weighted by Crippen LogP contribution is 2.31. The van der Waals surface area contributed by atoms with E-state index in [9.17, 15) is 14.9 Å². The predicted octanol–water partition coefficient (Wildman–Crippen LogP) is 1.95. The van der Waals surface area contributed by atoms with Gasteiger partial charge in [-0.3, -0.25) is 10.1 Å². The van der Waals surface area contributed by atoms with Crippen LogP contribution >= 0.6 is 0 Å². The van der Waals surface area contributed by atoms with Crippen LogP contribution in [0.1, 0.15) is 12.8 Å². The minimum Gasteiger partial charge on any atom is -0.371 e. The van der Waals surface area contributed by atoms with E-state index in [4.69, 9.17) is 0 Å². The molecule has 1 heterocycles. The maximum atomic E-state index is 11.0. The Kier molecular flexibility index (Phi) is 3.60. The molecule has 1 aromatic rings. The average molecular weight is 247 g/mol. The number of nitrogens with zero attached hydrogens (tertiary/aromatic N) is 2. The lowest BCUT2D eigenvalue weighted by atomic mass is 10.2. The summed E-state index contributed by atoms with van der Waals surface area (Å²) in [6.45, 7) is 1.86. The van der Waals surface area contributed by atoms with Gasteiger partial charge in [-0.2, -0.15) is 0 Å². The molecular weight excluding hydrogens is 234 g/mol. The van der Waals surface area contributed by atoms with Crippen molar-refractivity contribution in [3.8, 4) is 0 Å². The third kappa shape index (κ3) is 2.49. The lowest BCUT2D eigenvalue weighted by Crippen LogP contribution is -2.17. The fourth-order valence-corrected chi connectivity index (χ4v) is 2.07. The van der Waals surface area contributed by atoms with Gasteiger partial charge in [-0.05, 0) is 25.0 Å². The van der Waals surface area contributed by atoms with Crippen LogP contribution in [0, 0.1) is 10.1 Å². The van der Waals surface area contributed by atoms with E-state index in [1.807, 2.05) is 6.07 Å². The molecule has 0 atom stereocenters. The number of hydrogen-bond acceptors (Lipinski definition) is 5. The number of benzene rings is 1. The number of nitro groups is 1. The fraction of sp³-hybridized carbons (Fsp3) is 0.333. The van der Waals surface area contributed by atoms with E-state index < -0.39 is 4.92 Å². The van der Waals surface area contributed by atoms with Crippen molar-refractivity contribution < 1.29 is 9.72 Å². The van der Waals surface area contributed by atoms with E-state index in [1.165, 1.54) is 12.0 Å². The molecule has 0 unspecified atom stereocenters. The number of hydrogen-bond donors (Lipinski definition) is 1. The summed E-state index contributed by atoms with van der Waals surface area (Å²) in [4.78, 5) is 22.8. The van der Waals surface area contributed by atoms with E-state index in [2.05, 4.69) is 10.2 Å². The fourth-order valence-electron chi connectivity index (χ4n) is 2.07. The Hall–Kier alpha value is -2.33. The summed E-state index contributed by atoms with van der Waals surface area (Å²) in [6.07, 6.45) is 3.24. The second-order valence-corrected chi connectivity index (χ2v) is 4.06. The SMILES string of the molecule is O=C=CNc1ccc(N2CCCC2)cc1[N+](=O)[O-]. The molecule has 0 aliphatic carbocycles. The molecule has 1 N–H and O–H groups in total. The monoisotopic (exact) mass is 247 g/mol. The van der Waals surface area contributed by atoms with Crippen LogP contribution in [0.3, 0.4) is 0 Å². The molecule has 1 saturated heterocycles. The molecule has 1 aliphatic heterocycles. The molecule has 18 heavy (non-hydrogen) atoms. The number of rotatable bonds is 4. The van der Waals surface area contributed by atoms with Gasteiger partial charge in [0.25, 0.3) is 5.69 Å². The summed E-state index contributed by atoms with van der Waals surface area (Å²) >= 11 is 0. The third-order valence-corrected chi connectivity index (χ3v) is 2.94. The quantitative estimate of drug-likeness (QED) is 0.500. The molecule has 1 aromatic carbocycles. The van der Waals surface area contributed by atoms with Crippen molar-refractivity contribution in [2.75, 3.05) is 23.3 Å². The number of nitrogens with one attached hydrogen (secondary N) is 1. The second-order valence-electron chi connectivity index (χ2n) is 4.06. The molecule has 1 fully saturated rings. The Labute approximate surface area is 104 Å². The van der Waals surface area contributed by atoms with Crippen LogP contribution in [0.5, 0.6) is 0 Å². The summed E-state index contributed by atoms with van der Waals surface area (Å²) in [5, 5.41) is 13.5. The Morgan fingerprint density at radius 3 is 2.72 bits per heavy atom. The van der Waals surface area contributed by atoms with Crippen LogP contribution in [-0.2, 0) is 4.79 Å². The van der Waals surface area contributed by atoms with Gasteiger partial charge in [0.2, 0.25) is 0 Å². The summed E-state index contributed by atoms with van der Waals surface area (Å²) in [6, 6.07) is 4.96. The van der Waals surface area contributed by atoms with Crippen molar-refractivity contribution >= 4 is 23.0 Å². The maximum absolute atomic E-state index is 11.0. The van der Waals surface area contributed by atoms with Crippen molar-refractivity contribution in [3.63, 3.8) is 0 Å². The second kappa shape index (κ2) is 5.33. The average Bonchev–Trinajstić information content (AvgIpc) is 2.90. The number of anilines is 2. The molecule has 0 bridgehead atoms. The van der Waals surface area contributed by atoms with Crippen LogP contribution in [-0.4, -0.2) is 24.0 Å². The summed E-state index contributed by atoms with van der Waals surface area (Å²) < 4.78 is 0. The van der Waals surface area contributed by atoms with Gasteiger partial charge in [0, 0.05) is 24.8 Å². The number of carbonyl (C=O) groups excluding carboxylic acids is 1. The van der Waals surface area contributed by atoms with Gasteiger partial charge in [-0.1, -0.05) is 0 Å². The first kappa shape index (κ1) is 12.1. The van der Waals surface area contributed by atoms with Gasteiger partial charge in [-0.15, -0.1) is 0 Å². The molecule has 0 amide bonds. The Morgan fingerprint density at radius 2 is 2.11 bits per heavy atom. The minimum atomic E-state index is -0.458. The van der Waals surface area contributed by atoms with Crippen molar-refractivity contribution in [3.05, 3.63) is 34.5 Å². The van der Waals surface area contributed by atoms with Crippen LogP contribution in [0.2, 0.25) is 0 Å². The maximum Gasteiger partial charge on any atom is 0.294 e. The van der Waals surface area contributed by atoms with Crippen molar-refractivity contribution in [1.29, 1.82) is 0 Å². The van der Waals surface area contributed by atoms with Crippen molar-refractivity contribution in [2.24, 2.45) is 0 Å². The molecule has 0 saturated carbocycles. The zero-order valence-corrected chi connectivity index (χ0v) is 9.76. The van der Waals surface area contributed by atoms with E-state index in [1.54, 1.807) is 6.07 Å². The standard InChI is InChI=1S/C12H13N3O3/c16-8-5-13-11-4-3-10(9-12(11)15(17)18)14-6-1-2-7-14/h3-5,9,13H,1-2,6-7H2. The van der Waals surface area contributed by atoms with Crippen LogP contribution in [0.25, 0.3) is 0 Å². The first-order chi connectivity index (χ1) is 8.72. The van der Waals surface area contributed by atoms with Gasteiger partial charge in [0.05, 0.1) is 11.1 Å². The summed E-state index contributed by atoms with van der Waals surface area (Å²) in [5.41, 5.74) is 1.11. The lowest BCUT2D eigenvalue weighted by molar-refractivity contribution is -0.383. The summed E-state index contributed by atoms with van der Waals surface area (Å²) in [7, 11) is 0. The van der Waals surface area contributed by atoms with Gasteiger partial charge < -0.3 is 10.2 Å². The Bertz CT molecular complexity index is 503. The highest BCUT2D eigenvalue weighted by Gasteiger charge is 2.18. The van der Waals surface area contributed by atoms with E-state index in [0.717, 1.165) is 37.8 Å². The van der Waals surface area contributed by atoms with E-state index in [0.29, 0.717) is 5.69 Å². The predicted molar refractivity (Wildman–Crippen MR) is 68.4 cm³/mol. The molecule has 94 valence electrons. The first-order valence-corrected chi connectivity index (χ1v) is 5.71. The third-order valence-electron chi connectivity index (χ3n) is 2.94. The number of nitro benzene ring substituents is 1. The van der Waals surface area contributed by atoms with Gasteiger partial charge >= 0.3 is 0 Å². The highest BCUT2D eigenvalue weighted by atomic mass is 16.6. The smallest absolute Gasteiger partial charge is 0.294 e. The Morgan fingerprint density at radius 1 is 1.39 bits per heavy atom. The normalized spacial score (nSPS) is 14.1. The molecule has 6 nitrogen and oxygen atoms in total. The lowest BCUT2D eigenvalue weighted by Gasteiger charge is -2.17. The van der Waals surface area contributed by atoms with E-state index in [-0.39, 0.29) is 5.69 Å². The zero-order valence-electron chi connectivity index (χ0n) is 9.76. The zero-order chi connectivity index (χ0) is 13.0. The van der Waals surface area contributed by atoms with Crippen LogP contribution < -0.4 is 10.2 Å². The van der Waals surface area contributed by atoms with Crippen molar-refractivity contribution in [1.82, 2.24) is 0 Å². The highest BCUT2D eigenvalue weighted by molar-refractivity contribution is 5.71. The van der Waals surface area contributed by atoms with Crippen LogP contribution in [0.4, 0.5) is 17.1 Å².